The Balaban J connectivity index is 1.69. The fourth-order valence-electron chi connectivity index (χ4n) is 3.06. The minimum atomic E-state index is 0.268. The first-order valence-electron chi connectivity index (χ1n) is 6.91. The number of amides is 1. The minimum absolute atomic E-state index is 0.268. The van der Waals surface area contributed by atoms with Crippen molar-refractivity contribution in [3.63, 3.8) is 0 Å². The van der Waals surface area contributed by atoms with Crippen LogP contribution in [-0.2, 0) is 17.8 Å². The number of carbonyl (C=O) groups excluding carboxylic acids is 1. The number of hydrogen-bond donors (Lipinski definition) is 0. The molecule has 1 fully saturated rings. The lowest BCUT2D eigenvalue weighted by Gasteiger charge is -2.32. The SMILES string of the molecule is O=C(C1CCCCC1)N1CCc2ncncc2C1. The molecular formula is C14H19N3O. The van der Waals surface area contributed by atoms with Crippen molar-refractivity contribution in [2.24, 2.45) is 5.92 Å². The molecule has 4 nitrogen and oxygen atoms in total. The summed E-state index contributed by atoms with van der Waals surface area (Å²) in [6, 6.07) is 0. The van der Waals surface area contributed by atoms with Crippen LogP contribution >= 0.6 is 0 Å². The van der Waals surface area contributed by atoms with E-state index in [9.17, 15) is 4.79 Å². The van der Waals surface area contributed by atoms with Gasteiger partial charge in [0.2, 0.25) is 5.91 Å². The third kappa shape index (κ3) is 2.24. The zero-order valence-corrected chi connectivity index (χ0v) is 10.6. The molecule has 0 aromatic carbocycles. The van der Waals surface area contributed by atoms with E-state index in [2.05, 4.69) is 9.97 Å². The molecule has 1 saturated carbocycles. The van der Waals surface area contributed by atoms with Crippen molar-refractivity contribution in [3.8, 4) is 0 Å². The zero-order valence-electron chi connectivity index (χ0n) is 10.6. The Hall–Kier alpha value is -1.45. The Morgan fingerprint density at radius 3 is 2.94 bits per heavy atom. The number of nitrogens with zero attached hydrogens (tertiary/aromatic N) is 3. The van der Waals surface area contributed by atoms with Crippen LogP contribution in [0.5, 0.6) is 0 Å². The van der Waals surface area contributed by atoms with Gasteiger partial charge in [-0.3, -0.25) is 4.79 Å². The standard InChI is InChI=1S/C14H19N3O/c18-14(11-4-2-1-3-5-11)17-7-6-13-12(9-17)8-15-10-16-13/h8,10-11H,1-7,9H2. The Morgan fingerprint density at radius 1 is 1.28 bits per heavy atom. The van der Waals surface area contributed by atoms with Crippen LogP contribution in [-0.4, -0.2) is 27.3 Å². The summed E-state index contributed by atoms with van der Waals surface area (Å²) in [5.74, 6) is 0.620. The maximum absolute atomic E-state index is 12.4. The van der Waals surface area contributed by atoms with Crippen LogP contribution < -0.4 is 0 Å². The van der Waals surface area contributed by atoms with Crippen LogP contribution in [0.25, 0.3) is 0 Å². The molecule has 1 aliphatic carbocycles. The maximum atomic E-state index is 12.4. The molecule has 1 aliphatic heterocycles. The number of rotatable bonds is 1. The predicted octanol–water partition coefficient (Wildman–Crippen LogP) is 1.94. The molecule has 0 N–H and O–H groups in total. The highest BCUT2D eigenvalue weighted by molar-refractivity contribution is 5.79. The Kier molecular flexibility index (Phi) is 3.26. The summed E-state index contributed by atoms with van der Waals surface area (Å²) in [6.07, 6.45) is 10.2. The van der Waals surface area contributed by atoms with Crippen molar-refractivity contribution >= 4 is 5.91 Å². The molecule has 18 heavy (non-hydrogen) atoms. The fraction of sp³-hybridized carbons (Fsp3) is 0.643. The largest absolute Gasteiger partial charge is 0.338 e. The third-order valence-electron chi connectivity index (χ3n) is 4.13. The highest BCUT2D eigenvalue weighted by atomic mass is 16.2. The molecular weight excluding hydrogens is 226 g/mol. The molecule has 3 rings (SSSR count). The smallest absolute Gasteiger partial charge is 0.225 e. The molecule has 2 aliphatic rings. The van der Waals surface area contributed by atoms with Crippen LogP contribution in [0.15, 0.2) is 12.5 Å². The van der Waals surface area contributed by atoms with Crippen LogP contribution in [0, 0.1) is 5.92 Å². The molecule has 0 bridgehead atoms. The highest BCUT2D eigenvalue weighted by Gasteiger charge is 2.28. The lowest BCUT2D eigenvalue weighted by atomic mass is 9.88. The molecule has 0 radical (unpaired) electrons. The van der Waals surface area contributed by atoms with Gasteiger partial charge in [0, 0.05) is 37.2 Å². The molecule has 0 spiro atoms. The first-order chi connectivity index (χ1) is 8.84. The molecule has 1 aromatic heterocycles. The lowest BCUT2D eigenvalue weighted by molar-refractivity contribution is -0.137. The minimum Gasteiger partial charge on any atom is -0.338 e. The second-order valence-corrected chi connectivity index (χ2v) is 5.34. The number of carbonyl (C=O) groups is 1. The van der Waals surface area contributed by atoms with Gasteiger partial charge >= 0.3 is 0 Å². The molecule has 4 heteroatoms. The van der Waals surface area contributed by atoms with Crippen LogP contribution in [0.2, 0.25) is 0 Å². The summed E-state index contributed by atoms with van der Waals surface area (Å²) in [6.45, 7) is 1.52. The molecule has 0 saturated heterocycles. The number of fused-ring (bicyclic) bond motifs is 1. The van der Waals surface area contributed by atoms with Gasteiger partial charge in [-0.1, -0.05) is 19.3 Å². The van der Waals surface area contributed by atoms with E-state index in [-0.39, 0.29) is 5.92 Å². The molecule has 1 aromatic rings. The number of aromatic nitrogens is 2. The van der Waals surface area contributed by atoms with Gasteiger partial charge < -0.3 is 4.90 Å². The van der Waals surface area contributed by atoms with Crippen molar-refractivity contribution in [3.05, 3.63) is 23.8 Å². The van der Waals surface area contributed by atoms with Crippen molar-refractivity contribution in [2.75, 3.05) is 6.54 Å². The van der Waals surface area contributed by atoms with Crippen LogP contribution in [0.3, 0.4) is 0 Å². The van der Waals surface area contributed by atoms with Gasteiger partial charge in [-0.05, 0) is 12.8 Å². The summed E-state index contributed by atoms with van der Waals surface area (Å²) in [5, 5.41) is 0. The predicted molar refractivity (Wildman–Crippen MR) is 67.7 cm³/mol. The highest BCUT2D eigenvalue weighted by Crippen LogP contribution is 2.27. The van der Waals surface area contributed by atoms with Crippen LogP contribution in [0.1, 0.15) is 43.4 Å². The normalized spacial score (nSPS) is 20.6. The number of hydrogen-bond acceptors (Lipinski definition) is 3. The first kappa shape index (κ1) is 11.6. The molecule has 0 atom stereocenters. The van der Waals surface area contributed by atoms with Gasteiger partial charge in [-0.15, -0.1) is 0 Å². The summed E-state index contributed by atoms with van der Waals surface area (Å²) in [5.41, 5.74) is 2.23. The average molecular weight is 245 g/mol. The van der Waals surface area contributed by atoms with E-state index in [1.165, 1.54) is 19.3 Å². The van der Waals surface area contributed by atoms with Gasteiger partial charge in [0.15, 0.2) is 0 Å². The van der Waals surface area contributed by atoms with Gasteiger partial charge in [0.25, 0.3) is 0 Å². The van der Waals surface area contributed by atoms with Gasteiger partial charge in [-0.25, -0.2) is 9.97 Å². The first-order valence-corrected chi connectivity index (χ1v) is 6.91. The fourth-order valence-corrected chi connectivity index (χ4v) is 3.06. The van der Waals surface area contributed by atoms with Gasteiger partial charge in [0.05, 0.1) is 5.69 Å². The van der Waals surface area contributed by atoms with E-state index >= 15 is 0 Å². The van der Waals surface area contributed by atoms with E-state index < -0.39 is 0 Å². The van der Waals surface area contributed by atoms with Crippen LogP contribution in [0.4, 0.5) is 0 Å². The summed E-state index contributed by atoms with van der Waals surface area (Å²) < 4.78 is 0. The molecule has 96 valence electrons. The molecule has 1 amide bonds. The van der Waals surface area contributed by atoms with Crippen molar-refractivity contribution in [1.29, 1.82) is 0 Å². The second kappa shape index (κ2) is 5.04. The topological polar surface area (TPSA) is 46.1 Å². The Morgan fingerprint density at radius 2 is 2.11 bits per heavy atom. The molecule has 2 heterocycles. The summed E-state index contributed by atoms with van der Waals surface area (Å²) in [7, 11) is 0. The van der Waals surface area contributed by atoms with Crippen molar-refractivity contribution < 1.29 is 4.79 Å². The maximum Gasteiger partial charge on any atom is 0.225 e. The van der Waals surface area contributed by atoms with Gasteiger partial charge in [-0.2, -0.15) is 0 Å². The monoisotopic (exact) mass is 245 g/mol. The van der Waals surface area contributed by atoms with E-state index in [0.717, 1.165) is 37.1 Å². The average Bonchev–Trinajstić information content (AvgIpc) is 2.47. The Labute approximate surface area is 107 Å². The van der Waals surface area contributed by atoms with Crippen molar-refractivity contribution in [2.45, 2.75) is 45.1 Å². The lowest BCUT2D eigenvalue weighted by Crippen LogP contribution is -2.40. The van der Waals surface area contributed by atoms with E-state index in [1.54, 1.807) is 6.33 Å². The summed E-state index contributed by atoms with van der Waals surface area (Å²) >= 11 is 0. The second-order valence-electron chi connectivity index (χ2n) is 5.34. The van der Waals surface area contributed by atoms with E-state index in [4.69, 9.17) is 0 Å². The molecule has 0 unspecified atom stereocenters. The third-order valence-corrected chi connectivity index (χ3v) is 4.13. The van der Waals surface area contributed by atoms with E-state index in [0.29, 0.717) is 12.5 Å². The quantitative estimate of drug-likeness (QED) is 0.759. The van der Waals surface area contributed by atoms with Crippen molar-refractivity contribution in [1.82, 2.24) is 14.9 Å². The van der Waals surface area contributed by atoms with E-state index in [1.807, 2.05) is 11.1 Å². The zero-order chi connectivity index (χ0) is 12.4. The summed E-state index contributed by atoms with van der Waals surface area (Å²) in [4.78, 5) is 22.8. The Bertz CT molecular complexity index is 440. The van der Waals surface area contributed by atoms with Gasteiger partial charge in [0.1, 0.15) is 6.33 Å².